The van der Waals surface area contributed by atoms with Crippen molar-refractivity contribution in [3.05, 3.63) is 24.3 Å². The molecule has 0 bridgehead atoms. The summed E-state index contributed by atoms with van der Waals surface area (Å²) in [5, 5.41) is 12.1. The number of phenols is 1. The molecule has 5 heteroatoms. The predicted molar refractivity (Wildman–Crippen MR) is 67.3 cm³/mol. The summed E-state index contributed by atoms with van der Waals surface area (Å²) in [5.41, 5.74) is 0.642. The Morgan fingerprint density at radius 3 is 2.89 bits per heavy atom. The number of amides is 2. The number of benzene rings is 1. The van der Waals surface area contributed by atoms with Gasteiger partial charge in [0.15, 0.2) is 0 Å². The fraction of sp³-hybridized carbons (Fsp3) is 0.385. The van der Waals surface area contributed by atoms with Gasteiger partial charge in [0.2, 0.25) is 11.8 Å². The van der Waals surface area contributed by atoms with Gasteiger partial charge < -0.3 is 15.3 Å². The molecule has 0 saturated carbocycles. The van der Waals surface area contributed by atoms with Crippen LogP contribution in [0.2, 0.25) is 0 Å². The zero-order chi connectivity index (χ0) is 13.1. The Bertz CT molecular complexity index is 473. The molecule has 1 aliphatic heterocycles. The number of carbonyl (C=O) groups excluding carboxylic acids is 2. The molecule has 0 aliphatic carbocycles. The lowest BCUT2D eigenvalue weighted by Crippen LogP contribution is -2.44. The molecule has 18 heavy (non-hydrogen) atoms. The molecule has 1 aromatic rings. The highest BCUT2D eigenvalue weighted by Crippen LogP contribution is 2.22. The van der Waals surface area contributed by atoms with Crippen molar-refractivity contribution in [2.24, 2.45) is 0 Å². The Kier molecular flexibility index (Phi) is 3.50. The lowest BCUT2D eigenvalue weighted by atomic mass is 10.2. The van der Waals surface area contributed by atoms with E-state index in [1.165, 1.54) is 6.07 Å². The monoisotopic (exact) mass is 248 g/mol. The molecule has 2 rings (SSSR count). The second-order valence-electron chi connectivity index (χ2n) is 4.26. The minimum Gasteiger partial charge on any atom is -0.508 e. The van der Waals surface area contributed by atoms with Crippen LogP contribution in [-0.4, -0.2) is 29.5 Å². The Labute approximate surface area is 105 Å². The number of rotatable bonds is 3. The van der Waals surface area contributed by atoms with Gasteiger partial charge in [-0.1, -0.05) is 6.07 Å². The predicted octanol–water partition coefficient (Wildman–Crippen LogP) is 1.02. The van der Waals surface area contributed by atoms with E-state index in [1.807, 2.05) is 6.92 Å². The summed E-state index contributed by atoms with van der Waals surface area (Å²) < 4.78 is 0. The molecule has 0 aromatic heterocycles. The average molecular weight is 248 g/mol. The van der Waals surface area contributed by atoms with Crippen molar-refractivity contribution < 1.29 is 14.7 Å². The van der Waals surface area contributed by atoms with E-state index in [2.05, 4.69) is 5.32 Å². The summed E-state index contributed by atoms with van der Waals surface area (Å²) in [6.45, 7) is 2.35. The first-order valence-electron chi connectivity index (χ1n) is 6.01. The fourth-order valence-electron chi connectivity index (χ4n) is 2.11. The topological polar surface area (TPSA) is 69.6 Å². The largest absolute Gasteiger partial charge is 0.508 e. The molecular formula is C13H16N2O3. The van der Waals surface area contributed by atoms with Crippen LogP contribution in [0.4, 0.5) is 5.69 Å². The third-order valence-electron chi connectivity index (χ3n) is 3.02. The quantitative estimate of drug-likeness (QED) is 0.839. The van der Waals surface area contributed by atoms with E-state index in [9.17, 15) is 14.7 Å². The smallest absolute Gasteiger partial charge is 0.249 e. The number of hydrogen-bond acceptors (Lipinski definition) is 3. The third-order valence-corrected chi connectivity index (χ3v) is 3.02. The minimum absolute atomic E-state index is 0.0830. The van der Waals surface area contributed by atoms with Crippen LogP contribution in [0.25, 0.3) is 0 Å². The maximum absolute atomic E-state index is 12.3. The SMILES string of the molecule is CCN(C(=O)[C@H]1CCC(=O)N1)c1cccc(O)c1. The van der Waals surface area contributed by atoms with E-state index >= 15 is 0 Å². The number of aromatic hydroxyl groups is 1. The van der Waals surface area contributed by atoms with Gasteiger partial charge in [-0.3, -0.25) is 9.59 Å². The molecule has 1 atom stereocenters. The van der Waals surface area contributed by atoms with Gasteiger partial charge in [-0.05, 0) is 25.5 Å². The molecule has 1 aromatic carbocycles. The summed E-state index contributed by atoms with van der Waals surface area (Å²) >= 11 is 0. The van der Waals surface area contributed by atoms with Gasteiger partial charge in [0.05, 0.1) is 0 Å². The highest BCUT2D eigenvalue weighted by molar-refractivity contribution is 6.00. The molecular weight excluding hydrogens is 232 g/mol. The third kappa shape index (κ3) is 2.45. The first-order chi connectivity index (χ1) is 8.61. The molecule has 1 fully saturated rings. The van der Waals surface area contributed by atoms with Crippen molar-refractivity contribution in [3.63, 3.8) is 0 Å². The number of nitrogens with one attached hydrogen (secondary N) is 1. The molecule has 5 nitrogen and oxygen atoms in total. The number of hydrogen-bond donors (Lipinski definition) is 2. The van der Waals surface area contributed by atoms with Crippen LogP contribution < -0.4 is 10.2 Å². The molecule has 0 radical (unpaired) electrons. The summed E-state index contributed by atoms with van der Waals surface area (Å²) in [5.74, 6) is -0.0940. The lowest BCUT2D eigenvalue weighted by Gasteiger charge is -2.24. The number of phenolic OH excluding ortho intramolecular Hbond substituents is 1. The maximum Gasteiger partial charge on any atom is 0.249 e. The number of carbonyl (C=O) groups is 2. The first-order valence-corrected chi connectivity index (χ1v) is 6.01. The molecule has 96 valence electrons. The van der Waals surface area contributed by atoms with Crippen molar-refractivity contribution in [1.82, 2.24) is 5.32 Å². The Hall–Kier alpha value is -2.04. The molecule has 1 heterocycles. The fourth-order valence-corrected chi connectivity index (χ4v) is 2.11. The summed E-state index contributed by atoms with van der Waals surface area (Å²) in [6, 6.07) is 6.10. The maximum atomic E-state index is 12.3. The molecule has 0 unspecified atom stereocenters. The Morgan fingerprint density at radius 2 is 2.33 bits per heavy atom. The van der Waals surface area contributed by atoms with E-state index in [0.29, 0.717) is 25.1 Å². The van der Waals surface area contributed by atoms with Crippen LogP contribution in [0.15, 0.2) is 24.3 Å². The van der Waals surface area contributed by atoms with Gasteiger partial charge in [-0.15, -0.1) is 0 Å². The van der Waals surface area contributed by atoms with Gasteiger partial charge in [0.25, 0.3) is 0 Å². The summed E-state index contributed by atoms with van der Waals surface area (Å²) in [4.78, 5) is 25.0. The van der Waals surface area contributed by atoms with E-state index in [1.54, 1.807) is 23.1 Å². The average Bonchev–Trinajstić information content (AvgIpc) is 2.77. The Morgan fingerprint density at radius 1 is 1.56 bits per heavy atom. The van der Waals surface area contributed by atoms with Crippen LogP contribution in [0.1, 0.15) is 19.8 Å². The molecule has 0 spiro atoms. The molecule has 2 amide bonds. The van der Waals surface area contributed by atoms with Crippen LogP contribution in [-0.2, 0) is 9.59 Å². The number of likely N-dealkylation sites (N-methyl/N-ethyl adjacent to an activating group) is 1. The van der Waals surface area contributed by atoms with Crippen molar-refractivity contribution >= 4 is 17.5 Å². The summed E-state index contributed by atoms with van der Waals surface area (Å²) in [6.07, 6.45) is 0.932. The standard InChI is InChI=1S/C13H16N2O3/c1-2-15(9-4-3-5-10(16)8-9)13(18)11-6-7-12(17)14-11/h3-5,8,11,16H,2,6-7H2,1H3,(H,14,17)/t11-/m1/s1. The van der Waals surface area contributed by atoms with Gasteiger partial charge in [0, 0.05) is 24.7 Å². The van der Waals surface area contributed by atoms with Gasteiger partial charge in [0.1, 0.15) is 11.8 Å². The molecule has 2 N–H and O–H groups in total. The number of anilines is 1. The number of nitrogens with zero attached hydrogens (tertiary/aromatic N) is 1. The Balaban J connectivity index is 2.18. The van der Waals surface area contributed by atoms with Crippen LogP contribution in [0.3, 0.4) is 0 Å². The van der Waals surface area contributed by atoms with Gasteiger partial charge >= 0.3 is 0 Å². The minimum atomic E-state index is -0.445. The molecule has 1 aliphatic rings. The van der Waals surface area contributed by atoms with Crippen LogP contribution in [0.5, 0.6) is 5.75 Å². The van der Waals surface area contributed by atoms with Crippen LogP contribution in [0, 0.1) is 0 Å². The highest BCUT2D eigenvalue weighted by atomic mass is 16.3. The van der Waals surface area contributed by atoms with Gasteiger partial charge in [-0.2, -0.15) is 0 Å². The van der Waals surface area contributed by atoms with E-state index < -0.39 is 6.04 Å². The van der Waals surface area contributed by atoms with E-state index in [0.717, 1.165) is 0 Å². The highest BCUT2D eigenvalue weighted by Gasteiger charge is 2.30. The zero-order valence-corrected chi connectivity index (χ0v) is 10.2. The first kappa shape index (κ1) is 12.4. The second-order valence-corrected chi connectivity index (χ2v) is 4.26. The normalized spacial score (nSPS) is 18.5. The van der Waals surface area contributed by atoms with E-state index in [4.69, 9.17) is 0 Å². The molecule has 1 saturated heterocycles. The lowest BCUT2D eigenvalue weighted by molar-refractivity contribution is -0.124. The van der Waals surface area contributed by atoms with Crippen molar-refractivity contribution in [2.75, 3.05) is 11.4 Å². The second kappa shape index (κ2) is 5.08. The zero-order valence-electron chi connectivity index (χ0n) is 10.2. The van der Waals surface area contributed by atoms with Crippen molar-refractivity contribution in [1.29, 1.82) is 0 Å². The summed E-state index contributed by atoms with van der Waals surface area (Å²) in [7, 11) is 0. The van der Waals surface area contributed by atoms with E-state index in [-0.39, 0.29) is 17.6 Å². The van der Waals surface area contributed by atoms with Gasteiger partial charge in [-0.25, -0.2) is 0 Å². The van der Waals surface area contributed by atoms with Crippen molar-refractivity contribution in [3.8, 4) is 5.75 Å². The van der Waals surface area contributed by atoms with Crippen molar-refractivity contribution in [2.45, 2.75) is 25.8 Å². The van der Waals surface area contributed by atoms with Crippen LogP contribution >= 0.6 is 0 Å².